The summed E-state index contributed by atoms with van der Waals surface area (Å²) in [5.74, 6) is 0. The Labute approximate surface area is 90.8 Å². The fraction of sp³-hybridized carbons (Fsp3) is 0.875. The van der Waals surface area contributed by atoms with Crippen molar-refractivity contribution in [2.24, 2.45) is 0 Å². The summed E-state index contributed by atoms with van der Waals surface area (Å²) >= 11 is 5.64. The monoisotopic (exact) mass is 244 g/mol. The lowest BCUT2D eigenvalue weighted by Crippen LogP contribution is -2.51. The molecule has 3 nitrogen and oxygen atoms in total. The average molecular weight is 245 g/mol. The van der Waals surface area contributed by atoms with Gasteiger partial charge >= 0.3 is 6.18 Å². The summed E-state index contributed by atoms with van der Waals surface area (Å²) in [6.07, 6.45) is -3.58. The Morgan fingerprint density at radius 1 is 1.27 bits per heavy atom. The summed E-state index contributed by atoms with van der Waals surface area (Å²) in [6, 6.07) is 0. The van der Waals surface area contributed by atoms with Gasteiger partial charge in [-0.2, -0.15) is 13.2 Å². The van der Waals surface area contributed by atoms with Crippen LogP contribution in [0.1, 0.15) is 0 Å². The number of carbonyl (C=O) groups is 1. The van der Waals surface area contributed by atoms with E-state index in [9.17, 15) is 18.0 Å². The van der Waals surface area contributed by atoms with Gasteiger partial charge in [-0.15, -0.1) is 0 Å². The predicted molar refractivity (Wildman–Crippen MR) is 49.8 cm³/mol. The van der Waals surface area contributed by atoms with Crippen LogP contribution in [-0.2, 0) is 4.79 Å². The molecule has 0 aliphatic carbocycles. The van der Waals surface area contributed by atoms with E-state index < -0.39 is 18.2 Å². The van der Waals surface area contributed by atoms with Crippen molar-refractivity contribution in [3.8, 4) is 0 Å². The molecule has 0 saturated carbocycles. The quantitative estimate of drug-likeness (QED) is 0.419. The first-order valence-electron chi connectivity index (χ1n) is 4.55. The minimum absolute atomic E-state index is 0.288. The molecule has 0 spiro atoms. The Bertz CT molecular complexity index is 216. The van der Waals surface area contributed by atoms with Crippen molar-refractivity contribution in [3.63, 3.8) is 0 Å². The highest BCUT2D eigenvalue weighted by atomic mass is 35.5. The first kappa shape index (κ1) is 12.7. The zero-order valence-corrected chi connectivity index (χ0v) is 8.76. The van der Waals surface area contributed by atoms with Crippen LogP contribution >= 0.6 is 11.6 Å². The molecule has 1 rings (SSSR count). The van der Waals surface area contributed by atoms with Gasteiger partial charge in [-0.1, -0.05) is 11.6 Å². The van der Waals surface area contributed by atoms with E-state index in [0.717, 1.165) is 0 Å². The largest absolute Gasteiger partial charge is 0.401 e. The number of nitrogens with zero attached hydrogens (tertiary/aromatic N) is 2. The molecule has 0 aromatic heterocycles. The molecule has 0 radical (unpaired) electrons. The normalized spacial score (nSPS) is 22.7. The molecule has 1 aliphatic rings. The average Bonchev–Trinajstić information content (AvgIpc) is 2.15. The summed E-state index contributed by atoms with van der Waals surface area (Å²) in [7, 11) is 0. The minimum Gasteiger partial charge on any atom is -0.300 e. The van der Waals surface area contributed by atoms with Gasteiger partial charge < -0.3 is 4.79 Å². The summed E-state index contributed by atoms with van der Waals surface area (Å²) in [6.45, 7) is 0.466. The van der Waals surface area contributed by atoms with Crippen molar-refractivity contribution < 1.29 is 18.0 Å². The molecule has 0 amide bonds. The predicted octanol–water partition coefficient (Wildman–Crippen LogP) is 0.930. The van der Waals surface area contributed by atoms with Crippen LogP contribution in [0.4, 0.5) is 13.2 Å². The lowest BCUT2D eigenvalue weighted by molar-refractivity contribution is -0.149. The smallest absolute Gasteiger partial charge is 0.300 e. The van der Waals surface area contributed by atoms with E-state index in [1.54, 1.807) is 4.90 Å². The fourth-order valence-corrected chi connectivity index (χ4v) is 1.70. The minimum atomic E-state index is -4.16. The molecule has 0 aromatic rings. The number of rotatable bonds is 3. The molecule has 88 valence electrons. The van der Waals surface area contributed by atoms with Crippen molar-refractivity contribution in [1.82, 2.24) is 9.80 Å². The van der Waals surface area contributed by atoms with Gasteiger partial charge in [0.05, 0.1) is 6.54 Å². The highest BCUT2D eigenvalue weighted by molar-refractivity contribution is 6.27. The van der Waals surface area contributed by atoms with Gasteiger partial charge in [0.15, 0.2) is 6.29 Å². The Hall–Kier alpha value is -0.330. The lowest BCUT2D eigenvalue weighted by atomic mass is 10.3. The number of hydrogen-bond donors (Lipinski definition) is 0. The van der Waals surface area contributed by atoms with E-state index >= 15 is 0 Å². The molecule has 0 aromatic carbocycles. The molecular formula is C8H12ClF3N2O. The molecule has 1 unspecified atom stereocenters. The first-order chi connectivity index (χ1) is 6.92. The zero-order valence-electron chi connectivity index (χ0n) is 8.00. The van der Waals surface area contributed by atoms with Gasteiger partial charge in [0.25, 0.3) is 0 Å². The number of hydrogen-bond acceptors (Lipinski definition) is 3. The molecule has 1 atom stereocenters. The van der Waals surface area contributed by atoms with Gasteiger partial charge in [0.1, 0.15) is 5.50 Å². The van der Waals surface area contributed by atoms with Gasteiger partial charge in [0.2, 0.25) is 0 Å². The molecule has 1 aliphatic heterocycles. The van der Waals surface area contributed by atoms with Crippen molar-refractivity contribution in [1.29, 1.82) is 0 Å². The van der Waals surface area contributed by atoms with Crippen LogP contribution in [0.25, 0.3) is 0 Å². The highest BCUT2D eigenvalue weighted by Crippen LogP contribution is 2.18. The summed E-state index contributed by atoms with van der Waals surface area (Å²) in [5.41, 5.74) is -0.724. The van der Waals surface area contributed by atoms with E-state index in [2.05, 4.69) is 0 Å². The number of piperazine rings is 1. The van der Waals surface area contributed by atoms with Crippen LogP contribution in [0.15, 0.2) is 0 Å². The van der Waals surface area contributed by atoms with Crippen molar-refractivity contribution in [3.05, 3.63) is 0 Å². The molecular weight excluding hydrogens is 233 g/mol. The third-order valence-corrected chi connectivity index (χ3v) is 2.65. The SMILES string of the molecule is O=CC(Cl)N1CCN(CC(F)(F)F)CC1. The number of aldehydes is 1. The second kappa shape index (κ2) is 5.14. The van der Waals surface area contributed by atoms with Crippen molar-refractivity contribution in [2.45, 2.75) is 11.7 Å². The maximum Gasteiger partial charge on any atom is 0.401 e. The molecule has 15 heavy (non-hydrogen) atoms. The maximum absolute atomic E-state index is 12.0. The van der Waals surface area contributed by atoms with Crippen LogP contribution in [-0.4, -0.2) is 60.5 Å². The van der Waals surface area contributed by atoms with E-state index in [1.165, 1.54) is 4.90 Å². The van der Waals surface area contributed by atoms with Crippen LogP contribution in [0.5, 0.6) is 0 Å². The molecule has 1 heterocycles. The third-order valence-electron chi connectivity index (χ3n) is 2.27. The fourth-order valence-electron chi connectivity index (χ4n) is 1.51. The van der Waals surface area contributed by atoms with Gasteiger partial charge in [-0.3, -0.25) is 9.80 Å². The Kier molecular flexibility index (Phi) is 4.36. The highest BCUT2D eigenvalue weighted by Gasteiger charge is 2.32. The number of carbonyl (C=O) groups excluding carboxylic acids is 1. The molecule has 1 saturated heterocycles. The lowest BCUT2D eigenvalue weighted by Gasteiger charge is -2.35. The number of halogens is 4. The van der Waals surface area contributed by atoms with E-state index in [0.29, 0.717) is 19.4 Å². The summed E-state index contributed by atoms with van der Waals surface area (Å²) in [5, 5.41) is 0. The second-order valence-corrected chi connectivity index (χ2v) is 3.88. The van der Waals surface area contributed by atoms with Crippen LogP contribution in [0.3, 0.4) is 0 Å². The Morgan fingerprint density at radius 3 is 2.20 bits per heavy atom. The maximum atomic E-state index is 12.0. The second-order valence-electron chi connectivity index (χ2n) is 3.44. The van der Waals surface area contributed by atoms with Crippen molar-refractivity contribution >= 4 is 17.9 Å². The Morgan fingerprint density at radius 2 is 1.80 bits per heavy atom. The molecule has 0 N–H and O–H groups in total. The third kappa shape index (κ3) is 4.36. The summed E-state index contributed by atoms with van der Waals surface area (Å²) in [4.78, 5) is 13.3. The topological polar surface area (TPSA) is 23.6 Å². The Balaban J connectivity index is 2.33. The first-order valence-corrected chi connectivity index (χ1v) is 4.98. The van der Waals surface area contributed by atoms with Gasteiger partial charge in [-0.25, -0.2) is 0 Å². The molecule has 1 fully saturated rings. The van der Waals surface area contributed by atoms with Gasteiger partial charge in [-0.05, 0) is 0 Å². The molecule has 0 bridgehead atoms. The van der Waals surface area contributed by atoms with Gasteiger partial charge in [0, 0.05) is 26.2 Å². The van der Waals surface area contributed by atoms with Crippen LogP contribution < -0.4 is 0 Å². The zero-order chi connectivity index (χ0) is 11.5. The van der Waals surface area contributed by atoms with E-state index in [4.69, 9.17) is 11.6 Å². The van der Waals surface area contributed by atoms with Crippen LogP contribution in [0.2, 0.25) is 0 Å². The van der Waals surface area contributed by atoms with Crippen molar-refractivity contribution in [2.75, 3.05) is 32.7 Å². The van der Waals surface area contributed by atoms with E-state index in [-0.39, 0.29) is 13.1 Å². The number of alkyl halides is 4. The summed E-state index contributed by atoms with van der Waals surface area (Å²) < 4.78 is 36.1. The molecule has 7 heteroatoms. The standard InChI is InChI=1S/C8H12ClF3N2O/c9-7(5-15)14-3-1-13(2-4-14)6-8(10,11)12/h5,7H,1-4,6H2. The van der Waals surface area contributed by atoms with Crippen LogP contribution in [0, 0.1) is 0 Å². The van der Waals surface area contributed by atoms with E-state index in [1.807, 2.05) is 0 Å².